The average Bonchev–Trinajstić information content (AvgIpc) is 3.10. The summed E-state index contributed by atoms with van der Waals surface area (Å²) in [4.78, 5) is 14.8. The van der Waals surface area contributed by atoms with Crippen LogP contribution in [-0.4, -0.2) is 28.5 Å². The molecule has 1 unspecified atom stereocenters. The van der Waals surface area contributed by atoms with Gasteiger partial charge in [-0.25, -0.2) is 4.39 Å². The minimum atomic E-state index is -0.428. The Hall–Kier alpha value is -2.24. The molecule has 4 nitrogen and oxygen atoms in total. The zero-order valence-electron chi connectivity index (χ0n) is 14.1. The first kappa shape index (κ1) is 17.6. The molecule has 0 bridgehead atoms. The van der Waals surface area contributed by atoms with Crippen LogP contribution in [0.1, 0.15) is 29.5 Å². The van der Waals surface area contributed by atoms with Crippen LogP contribution < -0.4 is 5.32 Å². The third-order valence-corrected chi connectivity index (χ3v) is 4.64. The predicted molar refractivity (Wildman–Crippen MR) is 94.0 cm³/mol. The van der Waals surface area contributed by atoms with Crippen molar-refractivity contribution < 1.29 is 14.3 Å². The third-order valence-electron chi connectivity index (χ3n) is 4.64. The molecule has 1 heterocycles. The lowest BCUT2D eigenvalue weighted by molar-refractivity contribution is -0.125. The van der Waals surface area contributed by atoms with Crippen molar-refractivity contribution in [2.75, 3.05) is 6.54 Å². The number of carbonyl (C=O) groups is 1. The first-order valence-electron chi connectivity index (χ1n) is 8.61. The maximum atomic E-state index is 13.4. The first-order valence-corrected chi connectivity index (χ1v) is 8.61. The van der Waals surface area contributed by atoms with Gasteiger partial charge in [-0.1, -0.05) is 36.4 Å². The molecule has 1 atom stereocenters. The van der Waals surface area contributed by atoms with E-state index in [0.29, 0.717) is 6.54 Å². The van der Waals surface area contributed by atoms with Gasteiger partial charge in [0.2, 0.25) is 5.91 Å². The minimum Gasteiger partial charge on any atom is -0.392 e. The summed E-state index contributed by atoms with van der Waals surface area (Å²) in [6.45, 7) is 1.67. The zero-order chi connectivity index (χ0) is 17.6. The average molecular weight is 342 g/mol. The van der Waals surface area contributed by atoms with E-state index in [1.54, 1.807) is 12.1 Å². The lowest BCUT2D eigenvalue weighted by Gasteiger charge is -2.23. The number of carbonyl (C=O) groups excluding carboxylic acids is 1. The Morgan fingerprint density at radius 3 is 2.76 bits per heavy atom. The van der Waals surface area contributed by atoms with Gasteiger partial charge in [0.25, 0.3) is 0 Å². The van der Waals surface area contributed by atoms with E-state index in [4.69, 9.17) is 5.11 Å². The van der Waals surface area contributed by atoms with Gasteiger partial charge >= 0.3 is 0 Å². The summed E-state index contributed by atoms with van der Waals surface area (Å²) in [5.41, 5.74) is 2.23. The molecular weight excluding hydrogens is 319 g/mol. The van der Waals surface area contributed by atoms with Gasteiger partial charge < -0.3 is 10.4 Å². The Morgan fingerprint density at radius 2 is 2.00 bits per heavy atom. The SMILES string of the molecule is O=C(NCc1ccc(F)c(CO)c1)C1CCCN1Cc1ccccc1. The Morgan fingerprint density at radius 1 is 1.20 bits per heavy atom. The molecule has 3 rings (SSSR count). The second-order valence-corrected chi connectivity index (χ2v) is 6.42. The summed E-state index contributed by atoms with van der Waals surface area (Å²) in [7, 11) is 0. The number of nitrogens with zero attached hydrogens (tertiary/aromatic N) is 1. The maximum Gasteiger partial charge on any atom is 0.237 e. The zero-order valence-corrected chi connectivity index (χ0v) is 14.1. The molecule has 0 aliphatic carbocycles. The minimum absolute atomic E-state index is 0.00306. The molecule has 0 spiro atoms. The molecule has 0 aromatic heterocycles. The van der Waals surface area contributed by atoms with Crippen LogP contribution in [0.2, 0.25) is 0 Å². The van der Waals surface area contributed by atoms with Crippen LogP contribution in [0.3, 0.4) is 0 Å². The number of nitrogens with one attached hydrogen (secondary N) is 1. The van der Waals surface area contributed by atoms with Gasteiger partial charge in [-0.2, -0.15) is 0 Å². The van der Waals surface area contributed by atoms with E-state index in [-0.39, 0.29) is 24.1 Å². The Bertz CT molecular complexity index is 721. The van der Waals surface area contributed by atoms with Crippen LogP contribution in [0.25, 0.3) is 0 Å². The Kier molecular flexibility index (Phi) is 5.79. The molecule has 1 fully saturated rings. The van der Waals surface area contributed by atoms with Gasteiger partial charge in [-0.05, 0) is 42.6 Å². The van der Waals surface area contributed by atoms with Gasteiger partial charge in [0.1, 0.15) is 5.82 Å². The molecule has 1 aliphatic heterocycles. The van der Waals surface area contributed by atoms with Gasteiger partial charge in [0, 0.05) is 18.7 Å². The van der Waals surface area contributed by atoms with Crippen LogP contribution in [0.4, 0.5) is 4.39 Å². The summed E-state index contributed by atoms with van der Waals surface area (Å²) in [5, 5.41) is 12.1. The molecule has 1 saturated heterocycles. The van der Waals surface area contributed by atoms with E-state index in [2.05, 4.69) is 22.3 Å². The van der Waals surface area contributed by atoms with E-state index in [9.17, 15) is 9.18 Å². The van der Waals surface area contributed by atoms with Gasteiger partial charge in [-0.15, -0.1) is 0 Å². The van der Waals surface area contributed by atoms with E-state index >= 15 is 0 Å². The smallest absolute Gasteiger partial charge is 0.237 e. The van der Waals surface area contributed by atoms with E-state index in [0.717, 1.165) is 31.5 Å². The molecule has 5 heteroatoms. The first-order chi connectivity index (χ1) is 12.2. The summed E-state index contributed by atoms with van der Waals surface area (Å²) in [6.07, 6.45) is 1.86. The quantitative estimate of drug-likeness (QED) is 0.848. The van der Waals surface area contributed by atoms with Crippen LogP contribution in [-0.2, 0) is 24.5 Å². The van der Waals surface area contributed by atoms with Gasteiger partial charge in [0.15, 0.2) is 0 Å². The molecule has 1 amide bonds. The lowest BCUT2D eigenvalue weighted by atomic mass is 10.1. The number of aliphatic hydroxyl groups excluding tert-OH is 1. The molecule has 25 heavy (non-hydrogen) atoms. The van der Waals surface area contributed by atoms with Gasteiger partial charge in [-0.3, -0.25) is 9.69 Å². The third kappa shape index (κ3) is 4.44. The summed E-state index contributed by atoms with van der Waals surface area (Å²) < 4.78 is 13.4. The van der Waals surface area contributed by atoms with Crippen LogP contribution in [0.15, 0.2) is 48.5 Å². The van der Waals surface area contributed by atoms with Crippen LogP contribution in [0, 0.1) is 5.82 Å². The van der Waals surface area contributed by atoms with Crippen molar-refractivity contribution >= 4 is 5.91 Å². The number of rotatable bonds is 6. The standard InChI is InChI=1S/C20H23FN2O2/c21-18-9-8-16(11-17(18)14-24)12-22-20(25)19-7-4-10-23(19)13-15-5-2-1-3-6-15/h1-3,5-6,8-9,11,19,24H,4,7,10,12-14H2,(H,22,25). The number of halogens is 1. The van der Waals surface area contributed by atoms with Crippen LogP contribution >= 0.6 is 0 Å². The molecule has 2 aromatic rings. The lowest BCUT2D eigenvalue weighted by Crippen LogP contribution is -2.42. The number of amides is 1. The summed E-state index contributed by atoms with van der Waals surface area (Å²) >= 11 is 0. The Balaban J connectivity index is 1.58. The Labute approximate surface area is 147 Å². The summed E-state index contributed by atoms with van der Waals surface area (Å²) in [5.74, 6) is -0.425. The largest absolute Gasteiger partial charge is 0.392 e. The second-order valence-electron chi connectivity index (χ2n) is 6.42. The molecule has 0 radical (unpaired) electrons. The fraction of sp³-hybridized carbons (Fsp3) is 0.350. The molecule has 132 valence electrons. The number of aliphatic hydroxyl groups is 1. The van der Waals surface area contributed by atoms with Crippen molar-refractivity contribution in [2.24, 2.45) is 0 Å². The number of benzene rings is 2. The van der Waals surface area contributed by atoms with Crippen molar-refractivity contribution in [3.05, 3.63) is 71.0 Å². The monoisotopic (exact) mass is 342 g/mol. The van der Waals surface area contributed by atoms with E-state index in [1.165, 1.54) is 11.6 Å². The van der Waals surface area contributed by atoms with Crippen molar-refractivity contribution in [2.45, 2.75) is 38.6 Å². The van der Waals surface area contributed by atoms with Crippen molar-refractivity contribution in [1.29, 1.82) is 0 Å². The highest BCUT2D eigenvalue weighted by atomic mass is 19.1. The highest BCUT2D eigenvalue weighted by Gasteiger charge is 2.30. The molecule has 2 N–H and O–H groups in total. The topological polar surface area (TPSA) is 52.6 Å². The predicted octanol–water partition coefficient (Wildman–Crippen LogP) is 2.60. The fourth-order valence-corrected chi connectivity index (χ4v) is 3.30. The maximum absolute atomic E-state index is 13.4. The normalized spacial score (nSPS) is 17.6. The molecular formula is C20H23FN2O2. The molecule has 1 aliphatic rings. The van der Waals surface area contributed by atoms with Crippen molar-refractivity contribution in [1.82, 2.24) is 10.2 Å². The van der Waals surface area contributed by atoms with Crippen LogP contribution in [0.5, 0.6) is 0 Å². The van der Waals surface area contributed by atoms with Crippen molar-refractivity contribution in [3.63, 3.8) is 0 Å². The molecule has 2 aromatic carbocycles. The number of hydrogen-bond acceptors (Lipinski definition) is 3. The van der Waals surface area contributed by atoms with Crippen molar-refractivity contribution in [3.8, 4) is 0 Å². The summed E-state index contributed by atoms with van der Waals surface area (Å²) in [6, 6.07) is 14.6. The van der Waals surface area contributed by atoms with Gasteiger partial charge in [0.05, 0.1) is 12.6 Å². The van der Waals surface area contributed by atoms with E-state index in [1.807, 2.05) is 18.2 Å². The fourth-order valence-electron chi connectivity index (χ4n) is 3.30. The highest BCUT2D eigenvalue weighted by molar-refractivity contribution is 5.82. The second kappa shape index (κ2) is 8.23. The number of hydrogen-bond donors (Lipinski definition) is 2. The van der Waals surface area contributed by atoms with E-state index < -0.39 is 5.82 Å². The number of likely N-dealkylation sites (tertiary alicyclic amines) is 1. The molecule has 0 saturated carbocycles. The highest BCUT2D eigenvalue weighted by Crippen LogP contribution is 2.20.